The molecule has 0 aliphatic heterocycles. The first-order valence-corrected chi connectivity index (χ1v) is 6.79. The summed E-state index contributed by atoms with van der Waals surface area (Å²) in [5.74, 6) is 5.68. The van der Waals surface area contributed by atoms with Crippen LogP contribution in [0.1, 0.15) is 50.8 Å². The number of carbonyl (C=O) groups is 1. The van der Waals surface area contributed by atoms with Crippen LogP contribution >= 0.6 is 0 Å². The number of hydrogen-bond donors (Lipinski definition) is 1. The van der Waals surface area contributed by atoms with E-state index in [4.69, 9.17) is 4.74 Å². The van der Waals surface area contributed by atoms with Gasteiger partial charge >= 0.3 is 5.97 Å². The maximum Gasteiger partial charge on any atom is 0.314 e. The summed E-state index contributed by atoms with van der Waals surface area (Å²) in [6.07, 6.45) is 0.845. The van der Waals surface area contributed by atoms with Crippen molar-refractivity contribution in [2.24, 2.45) is 5.41 Å². The largest absolute Gasteiger partial charge is 0.469 e. The van der Waals surface area contributed by atoms with Crippen LogP contribution in [0.15, 0.2) is 24.3 Å². The number of rotatable bonds is 4. The van der Waals surface area contributed by atoms with Gasteiger partial charge in [0.25, 0.3) is 0 Å². The number of hydrogen-bond acceptors (Lipinski definition) is 3. The van der Waals surface area contributed by atoms with Crippen molar-refractivity contribution < 1.29 is 14.6 Å². The Hall–Kier alpha value is -1.79. The molecule has 3 heteroatoms. The van der Waals surface area contributed by atoms with Gasteiger partial charge in [-0.2, -0.15) is 0 Å². The van der Waals surface area contributed by atoms with Gasteiger partial charge in [-0.05, 0) is 31.9 Å². The molecule has 0 saturated heterocycles. The fraction of sp³-hybridized carbons (Fsp3) is 0.471. The fourth-order valence-corrected chi connectivity index (χ4v) is 1.90. The highest BCUT2D eigenvalue weighted by molar-refractivity contribution is 5.77. The SMILES string of the molecule is CCCC#Cc1ccccc1C(O)C(C)(C)C(=O)OC. The molecule has 1 atom stereocenters. The molecule has 1 aromatic carbocycles. The van der Waals surface area contributed by atoms with E-state index in [-0.39, 0.29) is 0 Å². The van der Waals surface area contributed by atoms with Gasteiger partial charge in [0.15, 0.2) is 0 Å². The summed E-state index contributed by atoms with van der Waals surface area (Å²) in [6.45, 7) is 5.40. The van der Waals surface area contributed by atoms with Crippen LogP contribution in [-0.4, -0.2) is 18.2 Å². The maximum atomic E-state index is 11.8. The van der Waals surface area contributed by atoms with Gasteiger partial charge in [-0.3, -0.25) is 4.79 Å². The Morgan fingerprint density at radius 3 is 2.65 bits per heavy atom. The molecule has 1 N–H and O–H groups in total. The molecule has 0 spiro atoms. The van der Waals surface area contributed by atoms with Crippen molar-refractivity contribution in [2.75, 3.05) is 7.11 Å². The molecule has 108 valence electrons. The van der Waals surface area contributed by atoms with Crippen LogP contribution in [0.2, 0.25) is 0 Å². The van der Waals surface area contributed by atoms with E-state index >= 15 is 0 Å². The fourth-order valence-electron chi connectivity index (χ4n) is 1.90. The molecule has 0 heterocycles. The minimum atomic E-state index is -1.02. The van der Waals surface area contributed by atoms with Crippen LogP contribution in [0.25, 0.3) is 0 Å². The first kappa shape index (κ1) is 16.3. The summed E-state index contributed by atoms with van der Waals surface area (Å²) in [7, 11) is 1.32. The number of aliphatic hydroxyl groups is 1. The standard InChI is InChI=1S/C17H22O3/c1-5-6-7-10-13-11-8-9-12-14(13)15(18)17(2,3)16(19)20-4/h8-9,11-12,15,18H,5-6H2,1-4H3. The van der Waals surface area contributed by atoms with Crippen LogP contribution in [-0.2, 0) is 9.53 Å². The molecular formula is C17H22O3. The van der Waals surface area contributed by atoms with Crippen molar-refractivity contribution >= 4 is 5.97 Å². The van der Waals surface area contributed by atoms with Crippen LogP contribution in [0.5, 0.6) is 0 Å². The van der Waals surface area contributed by atoms with Crippen LogP contribution < -0.4 is 0 Å². The number of aliphatic hydroxyl groups excluding tert-OH is 1. The van der Waals surface area contributed by atoms with Gasteiger partial charge in [-0.1, -0.05) is 37.0 Å². The Morgan fingerprint density at radius 1 is 1.40 bits per heavy atom. The van der Waals surface area contributed by atoms with Crippen LogP contribution in [0.4, 0.5) is 0 Å². The van der Waals surface area contributed by atoms with Crippen molar-refractivity contribution in [2.45, 2.75) is 39.7 Å². The zero-order valence-corrected chi connectivity index (χ0v) is 12.6. The highest BCUT2D eigenvalue weighted by Crippen LogP contribution is 2.35. The van der Waals surface area contributed by atoms with E-state index < -0.39 is 17.5 Å². The molecule has 0 aliphatic rings. The lowest BCUT2D eigenvalue weighted by Crippen LogP contribution is -2.33. The van der Waals surface area contributed by atoms with E-state index in [9.17, 15) is 9.90 Å². The summed E-state index contributed by atoms with van der Waals surface area (Å²) in [5.41, 5.74) is 0.397. The quantitative estimate of drug-likeness (QED) is 0.678. The third-order valence-electron chi connectivity index (χ3n) is 3.25. The molecule has 3 nitrogen and oxygen atoms in total. The van der Waals surface area contributed by atoms with Crippen molar-refractivity contribution in [1.29, 1.82) is 0 Å². The summed E-state index contributed by atoms with van der Waals surface area (Å²) < 4.78 is 4.76. The number of esters is 1. The second-order valence-electron chi connectivity index (χ2n) is 5.25. The highest BCUT2D eigenvalue weighted by atomic mass is 16.5. The smallest absolute Gasteiger partial charge is 0.314 e. The third kappa shape index (κ3) is 3.61. The molecule has 1 unspecified atom stereocenters. The van der Waals surface area contributed by atoms with Crippen molar-refractivity contribution in [3.8, 4) is 11.8 Å². The minimum absolute atomic E-state index is 0.443. The van der Waals surface area contributed by atoms with E-state index in [1.807, 2.05) is 18.2 Å². The molecule has 20 heavy (non-hydrogen) atoms. The van der Waals surface area contributed by atoms with Crippen molar-refractivity contribution in [3.05, 3.63) is 35.4 Å². The predicted molar refractivity (Wildman–Crippen MR) is 79.0 cm³/mol. The van der Waals surface area contributed by atoms with Crippen LogP contribution in [0, 0.1) is 17.3 Å². The number of carbonyl (C=O) groups excluding carboxylic acids is 1. The van der Waals surface area contributed by atoms with Gasteiger partial charge in [0, 0.05) is 12.0 Å². The molecule has 1 aromatic rings. The van der Waals surface area contributed by atoms with Crippen molar-refractivity contribution in [1.82, 2.24) is 0 Å². The molecule has 1 rings (SSSR count). The molecule has 0 bridgehead atoms. The second-order valence-corrected chi connectivity index (χ2v) is 5.25. The number of unbranched alkanes of at least 4 members (excludes halogenated alkanes) is 1. The topological polar surface area (TPSA) is 46.5 Å². The molecule has 0 aliphatic carbocycles. The van der Waals surface area contributed by atoms with E-state index in [0.717, 1.165) is 18.4 Å². The normalized spacial score (nSPS) is 12.2. The lowest BCUT2D eigenvalue weighted by molar-refractivity contribution is -0.157. The monoisotopic (exact) mass is 274 g/mol. The molecule has 0 aromatic heterocycles. The zero-order valence-electron chi connectivity index (χ0n) is 12.6. The second kappa shape index (κ2) is 7.12. The lowest BCUT2D eigenvalue weighted by Gasteiger charge is -2.28. The lowest BCUT2D eigenvalue weighted by atomic mass is 9.81. The van der Waals surface area contributed by atoms with Crippen LogP contribution in [0.3, 0.4) is 0 Å². The van der Waals surface area contributed by atoms with Gasteiger partial charge in [-0.15, -0.1) is 0 Å². The first-order chi connectivity index (χ1) is 9.45. The van der Waals surface area contributed by atoms with Gasteiger partial charge in [0.2, 0.25) is 0 Å². The summed E-state index contributed by atoms with van der Waals surface area (Å²) in [4.78, 5) is 11.8. The molecular weight excluding hydrogens is 252 g/mol. The summed E-state index contributed by atoms with van der Waals surface area (Å²) >= 11 is 0. The Labute approximate surface area is 121 Å². The molecule has 0 amide bonds. The maximum absolute atomic E-state index is 11.8. The molecule has 0 saturated carbocycles. The van der Waals surface area contributed by atoms with E-state index in [1.54, 1.807) is 19.9 Å². The Morgan fingerprint density at radius 2 is 2.05 bits per heavy atom. The minimum Gasteiger partial charge on any atom is -0.469 e. The van der Waals surface area contributed by atoms with Gasteiger partial charge in [0.1, 0.15) is 0 Å². The predicted octanol–water partition coefficient (Wildman–Crippen LogP) is 3.07. The number of ether oxygens (including phenoxy) is 1. The molecule has 0 radical (unpaired) electrons. The Balaban J connectivity index is 3.14. The summed E-state index contributed by atoms with van der Waals surface area (Å²) in [5, 5.41) is 10.5. The number of methoxy groups -OCH3 is 1. The zero-order chi connectivity index (χ0) is 15.2. The van der Waals surface area contributed by atoms with E-state index in [1.165, 1.54) is 7.11 Å². The van der Waals surface area contributed by atoms with Gasteiger partial charge in [-0.25, -0.2) is 0 Å². The Kier molecular flexibility index (Phi) is 5.79. The molecule has 0 fully saturated rings. The van der Waals surface area contributed by atoms with Gasteiger partial charge in [0.05, 0.1) is 18.6 Å². The first-order valence-electron chi connectivity index (χ1n) is 6.79. The van der Waals surface area contributed by atoms with E-state index in [0.29, 0.717) is 5.56 Å². The highest BCUT2D eigenvalue weighted by Gasteiger charge is 2.38. The Bertz CT molecular complexity index is 521. The summed E-state index contributed by atoms with van der Waals surface area (Å²) in [6, 6.07) is 7.36. The average Bonchev–Trinajstić information content (AvgIpc) is 2.46. The number of benzene rings is 1. The van der Waals surface area contributed by atoms with Crippen molar-refractivity contribution in [3.63, 3.8) is 0 Å². The third-order valence-corrected chi connectivity index (χ3v) is 3.25. The average molecular weight is 274 g/mol. The van der Waals surface area contributed by atoms with E-state index in [2.05, 4.69) is 18.8 Å². The van der Waals surface area contributed by atoms with Gasteiger partial charge < -0.3 is 9.84 Å².